The molecule has 1 saturated heterocycles. The number of carboxylic acids is 1. The molecule has 2 rings (SSSR count). The molecule has 0 spiro atoms. The van der Waals surface area contributed by atoms with Crippen molar-refractivity contribution in [2.24, 2.45) is 0 Å². The molecule has 3 amide bonds. The minimum Gasteiger partial charge on any atom is -0.479 e. The second kappa shape index (κ2) is 6.05. The Bertz CT molecular complexity index is 518. The number of carbonyl (C=O) groups excluding carboxylic acids is 2. The summed E-state index contributed by atoms with van der Waals surface area (Å²) >= 11 is 0. The van der Waals surface area contributed by atoms with Crippen molar-refractivity contribution >= 4 is 17.9 Å². The van der Waals surface area contributed by atoms with E-state index in [0.29, 0.717) is 12.1 Å². The molecule has 1 aliphatic heterocycles. The van der Waals surface area contributed by atoms with Crippen LogP contribution in [-0.2, 0) is 9.59 Å². The standard InChI is InChI=1S/C13H15N3O4/c17-10-6-9(7-14-10)15-13(20)16-11(12(18)19)8-4-2-1-3-5-8/h1-5,9,11H,6-7H2,(H,14,17)(H,18,19)(H2,15,16,20). The molecule has 2 unspecified atom stereocenters. The minimum atomic E-state index is -1.15. The third-order valence-corrected chi connectivity index (χ3v) is 2.97. The van der Waals surface area contributed by atoms with Gasteiger partial charge in [-0.25, -0.2) is 9.59 Å². The Morgan fingerprint density at radius 3 is 2.55 bits per heavy atom. The number of amides is 3. The van der Waals surface area contributed by atoms with Crippen molar-refractivity contribution in [2.45, 2.75) is 18.5 Å². The largest absolute Gasteiger partial charge is 0.479 e. The number of carbonyl (C=O) groups is 3. The summed E-state index contributed by atoms with van der Waals surface area (Å²) in [5.41, 5.74) is 0.482. The Hall–Kier alpha value is -2.57. The number of rotatable bonds is 4. The molecule has 0 saturated carbocycles. The van der Waals surface area contributed by atoms with Gasteiger partial charge in [0, 0.05) is 13.0 Å². The van der Waals surface area contributed by atoms with Gasteiger partial charge in [0.25, 0.3) is 0 Å². The van der Waals surface area contributed by atoms with Crippen LogP contribution in [0, 0.1) is 0 Å². The zero-order valence-electron chi connectivity index (χ0n) is 10.6. The van der Waals surface area contributed by atoms with E-state index in [0.717, 1.165) is 0 Å². The van der Waals surface area contributed by atoms with Gasteiger partial charge in [-0.1, -0.05) is 30.3 Å². The molecule has 1 aromatic carbocycles. The van der Waals surface area contributed by atoms with Gasteiger partial charge in [-0.15, -0.1) is 0 Å². The SMILES string of the molecule is O=C1CC(NC(=O)NC(C(=O)O)c2ccccc2)CN1. The molecule has 0 aliphatic carbocycles. The Labute approximate surface area is 115 Å². The molecule has 7 nitrogen and oxygen atoms in total. The molecule has 1 fully saturated rings. The van der Waals surface area contributed by atoms with Gasteiger partial charge >= 0.3 is 12.0 Å². The van der Waals surface area contributed by atoms with Crippen LogP contribution in [-0.4, -0.2) is 35.6 Å². The highest BCUT2D eigenvalue weighted by Gasteiger charge is 2.26. The van der Waals surface area contributed by atoms with E-state index in [1.54, 1.807) is 30.3 Å². The Morgan fingerprint density at radius 1 is 1.30 bits per heavy atom. The Kier molecular flexibility index (Phi) is 4.19. The topological polar surface area (TPSA) is 108 Å². The molecular formula is C13H15N3O4. The highest BCUT2D eigenvalue weighted by Crippen LogP contribution is 2.12. The first kappa shape index (κ1) is 13.9. The fraction of sp³-hybridized carbons (Fsp3) is 0.308. The molecular weight excluding hydrogens is 262 g/mol. The Morgan fingerprint density at radius 2 is 2.00 bits per heavy atom. The van der Waals surface area contributed by atoms with Crippen molar-refractivity contribution in [1.29, 1.82) is 0 Å². The number of nitrogens with one attached hydrogen (secondary N) is 3. The van der Waals surface area contributed by atoms with Crippen molar-refractivity contribution in [2.75, 3.05) is 6.54 Å². The fourth-order valence-electron chi connectivity index (χ4n) is 2.00. The molecule has 7 heteroatoms. The van der Waals surface area contributed by atoms with Gasteiger partial charge in [0.05, 0.1) is 6.04 Å². The molecule has 2 atom stereocenters. The summed E-state index contributed by atoms with van der Waals surface area (Å²) in [6.07, 6.45) is 0.205. The summed E-state index contributed by atoms with van der Waals surface area (Å²) in [6.45, 7) is 0.356. The quantitative estimate of drug-likeness (QED) is 0.621. The molecule has 4 N–H and O–H groups in total. The van der Waals surface area contributed by atoms with Gasteiger partial charge in [-0.05, 0) is 5.56 Å². The lowest BCUT2D eigenvalue weighted by Crippen LogP contribution is -2.45. The predicted molar refractivity (Wildman–Crippen MR) is 69.9 cm³/mol. The molecule has 1 aliphatic rings. The summed E-state index contributed by atoms with van der Waals surface area (Å²) in [6, 6.07) is 6.36. The van der Waals surface area contributed by atoms with Crippen molar-refractivity contribution in [3.05, 3.63) is 35.9 Å². The van der Waals surface area contributed by atoms with Crippen molar-refractivity contribution < 1.29 is 19.5 Å². The van der Waals surface area contributed by atoms with Crippen LogP contribution in [0.25, 0.3) is 0 Å². The fourth-order valence-corrected chi connectivity index (χ4v) is 2.00. The van der Waals surface area contributed by atoms with Gasteiger partial charge in [-0.2, -0.15) is 0 Å². The van der Waals surface area contributed by atoms with Gasteiger partial charge in [-0.3, -0.25) is 4.79 Å². The highest BCUT2D eigenvalue weighted by atomic mass is 16.4. The van der Waals surface area contributed by atoms with E-state index in [-0.39, 0.29) is 18.4 Å². The van der Waals surface area contributed by atoms with Crippen molar-refractivity contribution in [3.8, 4) is 0 Å². The number of hydrogen-bond donors (Lipinski definition) is 4. The second-order valence-electron chi connectivity index (χ2n) is 4.50. The summed E-state index contributed by atoms with van der Waals surface area (Å²) in [4.78, 5) is 34.0. The van der Waals surface area contributed by atoms with Gasteiger partial charge < -0.3 is 21.1 Å². The van der Waals surface area contributed by atoms with Gasteiger partial charge in [0.15, 0.2) is 6.04 Å². The second-order valence-corrected chi connectivity index (χ2v) is 4.50. The lowest BCUT2D eigenvalue weighted by molar-refractivity contribution is -0.139. The monoisotopic (exact) mass is 277 g/mol. The first-order valence-electron chi connectivity index (χ1n) is 6.17. The van der Waals surface area contributed by atoms with E-state index in [2.05, 4.69) is 16.0 Å². The summed E-state index contributed by atoms with van der Waals surface area (Å²) in [5.74, 6) is -1.28. The number of urea groups is 1. The maximum absolute atomic E-state index is 11.8. The van der Waals surface area contributed by atoms with E-state index in [1.807, 2.05) is 0 Å². The lowest BCUT2D eigenvalue weighted by Gasteiger charge is -2.17. The minimum absolute atomic E-state index is 0.131. The third-order valence-electron chi connectivity index (χ3n) is 2.97. The van der Waals surface area contributed by atoms with E-state index < -0.39 is 18.0 Å². The maximum atomic E-state index is 11.8. The predicted octanol–water partition coefficient (Wildman–Crippen LogP) is -0.000000000000000167. The molecule has 0 radical (unpaired) electrons. The normalized spacial score (nSPS) is 19.0. The zero-order valence-corrected chi connectivity index (χ0v) is 10.6. The van der Waals surface area contributed by atoms with Crippen LogP contribution in [0.1, 0.15) is 18.0 Å². The maximum Gasteiger partial charge on any atom is 0.330 e. The zero-order chi connectivity index (χ0) is 14.5. The van der Waals surface area contributed by atoms with E-state index in [1.165, 1.54) is 0 Å². The lowest BCUT2D eigenvalue weighted by atomic mass is 10.1. The average Bonchev–Trinajstić information content (AvgIpc) is 2.82. The first-order valence-corrected chi connectivity index (χ1v) is 6.17. The van der Waals surface area contributed by atoms with Gasteiger partial charge in [0.2, 0.25) is 5.91 Å². The first-order chi connectivity index (χ1) is 9.56. The molecule has 20 heavy (non-hydrogen) atoms. The van der Waals surface area contributed by atoms with Crippen LogP contribution in [0.3, 0.4) is 0 Å². The smallest absolute Gasteiger partial charge is 0.330 e. The number of benzene rings is 1. The molecule has 106 valence electrons. The molecule has 1 aromatic rings. The van der Waals surface area contributed by atoms with Crippen molar-refractivity contribution in [1.82, 2.24) is 16.0 Å². The van der Waals surface area contributed by atoms with Crippen LogP contribution in [0.2, 0.25) is 0 Å². The van der Waals surface area contributed by atoms with E-state index >= 15 is 0 Å². The summed E-state index contributed by atoms with van der Waals surface area (Å²) in [5, 5.41) is 16.7. The third kappa shape index (κ3) is 3.47. The van der Waals surface area contributed by atoms with Crippen LogP contribution < -0.4 is 16.0 Å². The van der Waals surface area contributed by atoms with Gasteiger partial charge in [0.1, 0.15) is 0 Å². The summed E-state index contributed by atoms with van der Waals surface area (Å²) < 4.78 is 0. The number of carboxylic acid groups (broad SMARTS) is 1. The van der Waals surface area contributed by atoms with E-state index in [4.69, 9.17) is 5.11 Å². The van der Waals surface area contributed by atoms with E-state index in [9.17, 15) is 14.4 Å². The van der Waals surface area contributed by atoms with Crippen LogP contribution in [0.5, 0.6) is 0 Å². The molecule has 0 aromatic heterocycles. The van der Waals surface area contributed by atoms with Crippen LogP contribution in [0.4, 0.5) is 4.79 Å². The van der Waals surface area contributed by atoms with Crippen LogP contribution in [0.15, 0.2) is 30.3 Å². The average molecular weight is 277 g/mol. The number of aliphatic carboxylic acids is 1. The Balaban J connectivity index is 1.96. The molecule has 0 bridgehead atoms. The number of hydrogen-bond acceptors (Lipinski definition) is 3. The van der Waals surface area contributed by atoms with Crippen molar-refractivity contribution in [3.63, 3.8) is 0 Å². The summed E-state index contributed by atoms with van der Waals surface area (Å²) in [7, 11) is 0. The van der Waals surface area contributed by atoms with Crippen LogP contribution >= 0.6 is 0 Å². The highest BCUT2D eigenvalue weighted by molar-refractivity contribution is 5.85. The molecule has 1 heterocycles.